The number of rotatable bonds is 7. The van der Waals surface area contributed by atoms with Crippen molar-refractivity contribution >= 4 is 11.9 Å². The van der Waals surface area contributed by atoms with E-state index in [1.165, 1.54) is 17.0 Å². The highest BCUT2D eigenvalue weighted by Crippen LogP contribution is 2.30. The number of carbonyl (C=O) groups is 2. The van der Waals surface area contributed by atoms with Gasteiger partial charge in [0.25, 0.3) is 5.91 Å². The van der Waals surface area contributed by atoms with Gasteiger partial charge in [-0.2, -0.15) is 13.2 Å². The maximum atomic E-state index is 12.5. The molecule has 1 amide bonds. The molecule has 0 heterocycles. The van der Waals surface area contributed by atoms with Gasteiger partial charge in [0, 0.05) is 20.0 Å². The number of amides is 1. The molecule has 0 saturated carbocycles. The van der Waals surface area contributed by atoms with Gasteiger partial charge in [-0.05, 0) is 51.5 Å². The van der Waals surface area contributed by atoms with Crippen molar-refractivity contribution in [1.82, 2.24) is 4.90 Å². The second kappa shape index (κ2) is 8.91. The minimum absolute atomic E-state index is 0.175. The molecule has 5 nitrogen and oxygen atoms in total. The molecule has 0 unspecified atom stereocenters. The summed E-state index contributed by atoms with van der Waals surface area (Å²) < 4.78 is 47.8. The van der Waals surface area contributed by atoms with Crippen molar-refractivity contribution in [3.63, 3.8) is 0 Å². The monoisotopic (exact) mass is 375 g/mol. The van der Waals surface area contributed by atoms with Gasteiger partial charge in [0.2, 0.25) is 0 Å². The summed E-state index contributed by atoms with van der Waals surface area (Å²) in [6.45, 7) is 5.38. The van der Waals surface area contributed by atoms with Crippen molar-refractivity contribution in [2.24, 2.45) is 0 Å². The molecule has 0 aliphatic carbocycles. The van der Waals surface area contributed by atoms with E-state index >= 15 is 0 Å². The van der Waals surface area contributed by atoms with Crippen LogP contribution in [0.5, 0.6) is 5.75 Å². The van der Waals surface area contributed by atoms with Gasteiger partial charge in [-0.1, -0.05) is 0 Å². The smallest absolute Gasteiger partial charge is 0.416 e. The average Bonchev–Trinajstić information content (AvgIpc) is 2.50. The largest absolute Gasteiger partial charge is 0.484 e. The molecular formula is C18H24F3NO4. The maximum absolute atomic E-state index is 12.5. The molecule has 0 aromatic heterocycles. The van der Waals surface area contributed by atoms with Gasteiger partial charge >= 0.3 is 12.1 Å². The van der Waals surface area contributed by atoms with Crippen molar-refractivity contribution in [2.75, 3.05) is 20.2 Å². The lowest BCUT2D eigenvalue weighted by Crippen LogP contribution is -2.32. The summed E-state index contributed by atoms with van der Waals surface area (Å²) in [7, 11) is 1.56. The number of carbonyl (C=O) groups excluding carboxylic acids is 2. The van der Waals surface area contributed by atoms with Crippen LogP contribution in [0.4, 0.5) is 13.2 Å². The molecule has 146 valence electrons. The summed E-state index contributed by atoms with van der Waals surface area (Å²) in [6.07, 6.45) is -3.78. The molecule has 0 aliphatic heterocycles. The molecule has 0 radical (unpaired) electrons. The van der Waals surface area contributed by atoms with Gasteiger partial charge in [-0.25, -0.2) is 0 Å². The van der Waals surface area contributed by atoms with E-state index in [9.17, 15) is 22.8 Å². The Balaban J connectivity index is 2.35. The van der Waals surface area contributed by atoms with Crippen LogP contribution in [0, 0.1) is 0 Å². The van der Waals surface area contributed by atoms with Crippen LogP contribution in [0.3, 0.4) is 0 Å². The van der Waals surface area contributed by atoms with E-state index in [1.807, 2.05) is 0 Å². The summed E-state index contributed by atoms with van der Waals surface area (Å²) in [6, 6.07) is 4.12. The van der Waals surface area contributed by atoms with Gasteiger partial charge in [-0.15, -0.1) is 0 Å². The van der Waals surface area contributed by atoms with Crippen molar-refractivity contribution in [1.29, 1.82) is 0 Å². The van der Waals surface area contributed by atoms with E-state index in [0.717, 1.165) is 12.1 Å². The molecule has 8 heteroatoms. The summed E-state index contributed by atoms with van der Waals surface area (Å²) in [5.74, 6) is -0.498. The zero-order valence-corrected chi connectivity index (χ0v) is 15.4. The second-order valence-corrected chi connectivity index (χ2v) is 6.82. The van der Waals surface area contributed by atoms with E-state index < -0.39 is 17.3 Å². The summed E-state index contributed by atoms with van der Waals surface area (Å²) in [4.78, 5) is 24.9. The highest BCUT2D eigenvalue weighted by Gasteiger charge is 2.30. The third-order valence-electron chi connectivity index (χ3n) is 3.26. The first-order chi connectivity index (χ1) is 11.9. The first-order valence-electron chi connectivity index (χ1n) is 8.14. The molecule has 0 fully saturated rings. The minimum Gasteiger partial charge on any atom is -0.484 e. The van der Waals surface area contributed by atoms with Crippen LogP contribution in [0.2, 0.25) is 0 Å². The Hall–Kier alpha value is -2.25. The van der Waals surface area contributed by atoms with E-state index in [0.29, 0.717) is 13.0 Å². The zero-order valence-electron chi connectivity index (χ0n) is 15.4. The lowest BCUT2D eigenvalue weighted by atomic mass is 10.2. The summed E-state index contributed by atoms with van der Waals surface area (Å²) in [5.41, 5.74) is -1.33. The first-order valence-corrected chi connectivity index (χ1v) is 8.14. The molecule has 0 saturated heterocycles. The first kappa shape index (κ1) is 21.8. The zero-order chi connectivity index (χ0) is 20.0. The standard InChI is InChI=1S/C18H24F3NO4/c1-17(2,3)26-16(24)6-5-11-22(4)15(23)12-25-14-9-7-13(8-10-14)18(19,20)21/h7-10H,5-6,11-12H2,1-4H3. The fourth-order valence-corrected chi connectivity index (χ4v) is 1.97. The molecule has 26 heavy (non-hydrogen) atoms. The molecule has 0 spiro atoms. The number of hydrogen-bond acceptors (Lipinski definition) is 4. The average molecular weight is 375 g/mol. The van der Waals surface area contributed by atoms with Crippen LogP contribution < -0.4 is 4.74 Å². The van der Waals surface area contributed by atoms with E-state index in [2.05, 4.69) is 0 Å². The van der Waals surface area contributed by atoms with Crippen molar-refractivity contribution in [3.05, 3.63) is 29.8 Å². The molecular weight excluding hydrogens is 351 g/mol. The number of ether oxygens (including phenoxy) is 2. The Morgan fingerprint density at radius 1 is 1.08 bits per heavy atom. The predicted octanol–water partition coefficient (Wildman–Crippen LogP) is 3.66. The third-order valence-corrected chi connectivity index (χ3v) is 3.26. The van der Waals surface area contributed by atoms with Crippen molar-refractivity contribution in [2.45, 2.75) is 45.4 Å². The van der Waals surface area contributed by atoms with Crippen LogP contribution in [-0.4, -0.2) is 42.6 Å². The SMILES string of the molecule is CN(CCCC(=O)OC(C)(C)C)C(=O)COc1ccc(C(F)(F)F)cc1. The Morgan fingerprint density at radius 3 is 2.15 bits per heavy atom. The summed E-state index contributed by atoms with van der Waals surface area (Å²) in [5, 5.41) is 0. The van der Waals surface area contributed by atoms with Gasteiger partial charge in [0.15, 0.2) is 6.61 Å². The predicted molar refractivity (Wildman–Crippen MR) is 89.7 cm³/mol. The number of hydrogen-bond donors (Lipinski definition) is 0. The maximum Gasteiger partial charge on any atom is 0.416 e. The fraction of sp³-hybridized carbons (Fsp3) is 0.556. The highest BCUT2D eigenvalue weighted by atomic mass is 19.4. The topological polar surface area (TPSA) is 55.8 Å². The molecule has 0 N–H and O–H groups in total. The Kier molecular flexibility index (Phi) is 7.47. The lowest BCUT2D eigenvalue weighted by molar-refractivity contribution is -0.155. The van der Waals surface area contributed by atoms with E-state index in [4.69, 9.17) is 9.47 Å². The lowest BCUT2D eigenvalue weighted by Gasteiger charge is -2.20. The number of nitrogens with zero attached hydrogens (tertiary/aromatic N) is 1. The van der Waals surface area contributed by atoms with Crippen LogP contribution in [0.25, 0.3) is 0 Å². The van der Waals surface area contributed by atoms with Crippen LogP contribution in [0.1, 0.15) is 39.2 Å². The quantitative estimate of drug-likeness (QED) is 0.683. The molecule has 0 bridgehead atoms. The summed E-state index contributed by atoms with van der Waals surface area (Å²) >= 11 is 0. The molecule has 0 aliphatic rings. The number of alkyl halides is 3. The van der Waals surface area contributed by atoms with Crippen molar-refractivity contribution in [3.8, 4) is 5.75 Å². The Bertz CT molecular complexity index is 606. The number of esters is 1. The molecule has 0 atom stereocenters. The molecule has 1 aromatic rings. The number of benzene rings is 1. The van der Waals surface area contributed by atoms with Gasteiger partial charge < -0.3 is 14.4 Å². The third kappa shape index (κ3) is 8.22. The Labute approximate surface area is 151 Å². The second-order valence-electron chi connectivity index (χ2n) is 6.82. The molecule has 1 rings (SSSR count). The highest BCUT2D eigenvalue weighted by molar-refractivity contribution is 5.77. The van der Waals surface area contributed by atoms with Crippen LogP contribution >= 0.6 is 0 Å². The van der Waals surface area contributed by atoms with Crippen molar-refractivity contribution < 1.29 is 32.2 Å². The Morgan fingerprint density at radius 2 is 1.65 bits per heavy atom. The van der Waals surface area contributed by atoms with E-state index in [-0.39, 0.29) is 30.7 Å². The van der Waals surface area contributed by atoms with Crippen LogP contribution in [-0.2, 0) is 20.5 Å². The number of likely N-dealkylation sites (N-methyl/N-ethyl adjacent to an activating group) is 1. The minimum atomic E-state index is -4.41. The van der Waals surface area contributed by atoms with Crippen LogP contribution in [0.15, 0.2) is 24.3 Å². The van der Waals surface area contributed by atoms with E-state index in [1.54, 1.807) is 27.8 Å². The fourth-order valence-electron chi connectivity index (χ4n) is 1.97. The van der Waals surface area contributed by atoms with Gasteiger partial charge in [0.05, 0.1) is 5.56 Å². The van der Waals surface area contributed by atoms with Gasteiger partial charge in [-0.3, -0.25) is 9.59 Å². The number of halogens is 3. The van der Waals surface area contributed by atoms with Gasteiger partial charge in [0.1, 0.15) is 11.4 Å². The molecule has 1 aromatic carbocycles. The normalized spacial score (nSPS) is 11.8.